The van der Waals surface area contributed by atoms with E-state index in [2.05, 4.69) is 15.5 Å². The molecule has 0 spiro atoms. The van der Waals surface area contributed by atoms with Crippen molar-refractivity contribution in [3.05, 3.63) is 30.3 Å². The number of aromatic nitrogens is 2. The van der Waals surface area contributed by atoms with Crippen LogP contribution in [0, 0.1) is 0 Å². The minimum atomic E-state index is -0.320. The first-order valence-corrected chi connectivity index (χ1v) is 7.82. The van der Waals surface area contributed by atoms with Crippen LogP contribution >= 0.6 is 11.8 Å². The summed E-state index contributed by atoms with van der Waals surface area (Å²) < 4.78 is 5.56. The fourth-order valence-corrected chi connectivity index (χ4v) is 2.71. The zero-order valence-electron chi connectivity index (χ0n) is 11.7. The minimum absolute atomic E-state index is 0.0933. The average Bonchev–Trinajstić information content (AvgIpc) is 3.13. The van der Waals surface area contributed by atoms with Crippen LogP contribution in [0.3, 0.4) is 0 Å². The molecular formula is C14H14N4O3S. The molecule has 3 rings (SSSR count). The van der Waals surface area contributed by atoms with E-state index in [-0.39, 0.29) is 18.5 Å². The lowest BCUT2D eigenvalue weighted by molar-refractivity contribution is -0.124. The summed E-state index contributed by atoms with van der Waals surface area (Å²) in [6.07, 6.45) is 0.673. The summed E-state index contributed by atoms with van der Waals surface area (Å²) in [5, 5.41) is 11.0. The number of rotatable bonds is 6. The summed E-state index contributed by atoms with van der Waals surface area (Å²) in [6.45, 7) is 0.493. The number of thioether (sulfide) groups is 1. The molecule has 0 unspecified atom stereocenters. The normalized spacial score (nSPS) is 14.5. The van der Waals surface area contributed by atoms with Crippen LogP contribution in [0.25, 0.3) is 11.5 Å². The van der Waals surface area contributed by atoms with Gasteiger partial charge in [0, 0.05) is 17.9 Å². The molecule has 2 heterocycles. The molecule has 114 valence electrons. The monoisotopic (exact) mass is 318 g/mol. The predicted octanol–water partition coefficient (Wildman–Crippen LogP) is 1.77. The summed E-state index contributed by atoms with van der Waals surface area (Å²) in [5.41, 5.74) is 0.876. The largest absolute Gasteiger partial charge is 0.411 e. The molecule has 1 N–H and O–H groups in total. The Morgan fingerprint density at radius 3 is 2.77 bits per heavy atom. The first-order valence-electron chi connectivity index (χ1n) is 6.84. The van der Waals surface area contributed by atoms with Crippen LogP contribution in [-0.2, 0) is 4.79 Å². The summed E-state index contributed by atoms with van der Waals surface area (Å²) in [5.74, 6) is 0.990. The first kappa shape index (κ1) is 14.6. The number of nitrogens with zero attached hydrogens (tertiary/aromatic N) is 3. The summed E-state index contributed by atoms with van der Waals surface area (Å²) in [4.78, 5) is 24.0. The SMILES string of the molecule is O=C1CNC(=O)N1CCCSc1nnc(-c2ccccc2)o1. The van der Waals surface area contributed by atoms with E-state index in [9.17, 15) is 9.59 Å². The molecule has 0 bridgehead atoms. The number of carbonyl (C=O) groups excluding carboxylic acids is 2. The molecule has 1 aliphatic heterocycles. The number of benzene rings is 1. The van der Waals surface area contributed by atoms with Gasteiger partial charge in [-0.15, -0.1) is 10.2 Å². The van der Waals surface area contributed by atoms with Gasteiger partial charge in [-0.3, -0.25) is 9.69 Å². The third kappa shape index (κ3) is 3.28. The van der Waals surface area contributed by atoms with Crippen molar-refractivity contribution in [2.24, 2.45) is 0 Å². The van der Waals surface area contributed by atoms with Gasteiger partial charge in [-0.25, -0.2) is 4.79 Å². The second-order valence-electron chi connectivity index (χ2n) is 4.65. The Hall–Kier alpha value is -2.35. The topological polar surface area (TPSA) is 88.3 Å². The number of amides is 3. The molecule has 7 nitrogen and oxygen atoms in total. The molecule has 8 heteroatoms. The fourth-order valence-electron chi connectivity index (χ4n) is 2.03. The molecule has 1 saturated heterocycles. The molecule has 0 aliphatic carbocycles. The summed E-state index contributed by atoms with van der Waals surface area (Å²) in [6, 6.07) is 9.22. The van der Waals surface area contributed by atoms with E-state index in [0.29, 0.717) is 29.8 Å². The van der Waals surface area contributed by atoms with E-state index in [1.54, 1.807) is 0 Å². The van der Waals surface area contributed by atoms with Crippen LogP contribution in [0.4, 0.5) is 4.79 Å². The van der Waals surface area contributed by atoms with Crippen LogP contribution < -0.4 is 5.32 Å². The molecule has 22 heavy (non-hydrogen) atoms. The highest BCUT2D eigenvalue weighted by Crippen LogP contribution is 2.23. The van der Waals surface area contributed by atoms with Gasteiger partial charge in [-0.2, -0.15) is 0 Å². The van der Waals surface area contributed by atoms with Gasteiger partial charge in [0.05, 0.1) is 6.54 Å². The van der Waals surface area contributed by atoms with Crippen LogP contribution in [-0.4, -0.2) is 45.9 Å². The van der Waals surface area contributed by atoms with E-state index in [1.165, 1.54) is 16.7 Å². The van der Waals surface area contributed by atoms with E-state index in [1.807, 2.05) is 30.3 Å². The number of nitrogens with one attached hydrogen (secondary N) is 1. The highest BCUT2D eigenvalue weighted by atomic mass is 32.2. The molecule has 1 aliphatic rings. The van der Waals surface area contributed by atoms with Crippen molar-refractivity contribution in [3.63, 3.8) is 0 Å². The lowest BCUT2D eigenvalue weighted by Crippen LogP contribution is -2.32. The number of hydrogen-bond donors (Lipinski definition) is 1. The maximum Gasteiger partial charge on any atom is 0.324 e. The van der Waals surface area contributed by atoms with E-state index in [0.717, 1.165) is 5.56 Å². The third-order valence-corrected chi connectivity index (χ3v) is 4.02. The van der Waals surface area contributed by atoms with Gasteiger partial charge in [0.2, 0.25) is 11.8 Å². The molecule has 1 fully saturated rings. The van der Waals surface area contributed by atoms with Crippen LogP contribution in [0.1, 0.15) is 6.42 Å². The van der Waals surface area contributed by atoms with Gasteiger partial charge in [0.25, 0.3) is 5.22 Å². The van der Waals surface area contributed by atoms with Crippen molar-refractivity contribution in [1.82, 2.24) is 20.4 Å². The van der Waals surface area contributed by atoms with Crippen molar-refractivity contribution in [2.75, 3.05) is 18.8 Å². The van der Waals surface area contributed by atoms with Gasteiger partial charge in [0.1, 0.15) is 0 Å². The highest BCUT2D eigenvalue weighted by molar-refractivity contribution is 7.99. The van der Waals surface area contributed by atoms with Gasteiger partial charge in [0.15, 0.2) is 0 Å². The van der Waals surface area contributed by atoms with Gasteiger partial charge in [-0.1, -0.05) is 30.0 Å². The van der Waals surface area contributed by atoms with Crippen LogP contribution in [0.5, 0.6) is 0 Å². The van der Waals surface area contributed by atoms with Crippen molar-refractivity contribution < 1.29 is 14.0 Å². The molecule has 1 aromatic carbocycles. The van der Waals surface area contributed by atoms with E-state index < -0.39 is 0 Å². The number of urea groups is 1. The van der Waals surface area contributed by atoms with Gasteiger partial charge < -0.3 is 9.73 Å². The zero-order valence-corrected chi connectivity index (χ0v) is 12.5. The third-order valence-electron chi connectivity index (χ3n) is 3.12. The van der Waals surface area contributed by atoms with Crippen molar-refractivity contribution in [1.29, 1.82) is 0 Å². The Balaban J connectivity index is 1.47. The molecule has 2 aromatic rings. The lowest BCUT2D eigenvalue weighted by Gasteiger charge is -2.10. The average molecular weight is 318 g/mol. The molecule has 3 amide bonds. The molecule has 0 radical (unpaired) electrons. The molecular weight excluding hydrogens is 304 g/mol. The predicted molar refractivity (Wildman–Crippen MR) is 80.2 cm³/mol. The Labute approximate surface area is 131 Å². The number of hydrogen-bond acceptors (Lipinski definition) is 6. The zero-order chi connectivity index (χ0) is 15.4. The van der Waals surface area contributed by atoms with Gasteiger partial charge >= 0.3 is 6.03 Å². The Kier molecular flexibility index (Phi) is 4.38. The van der Waals surface area contributed by atoms with Crippen LogP contribution in [0.15, 0.2) is 40.0 Å². The maximum absolute atomic E-state index is 11.4. The molecule has 0 atom stereocenters. The Morgan fingerprint density at radius 2 is 2.05 bits per heavy atom. The second-order valence-corrected chi connectivity index (χ2v) is 5.69. The first-order chi connectivity index (χ1) is 10.7. The highest BCUT2D eigenvalue weighted by Gasteiger charge is 2.27. The second kappa shape index (κ2) is 6.61. The van der Waals surface area contributed by atoms with Crippen molar-refractivity contribution in [2.45, 2.75) is 11.6 Å². The number of imide groups is 1. The van der Waals surface area contributed by atoms with E-state index in [4.69, 9.17) is 4.42 Å². The summed E-state index contributed by atoms with van der Waals surface area (Å²) in [7, 11) is 0. The minimum Gasteiger partial charge on any atom is -0.411 e. The summed E-state index contributed by atoms with van der Waals surface area (Å²) >= 11 is 1.41. The molecule has 1 aromatic heterocycles. The Morgan fingerprint density at radius 1 is 1.23 bits per heavy atom. The van der Waals surface area contributed by atoms with Crippen LogP contribution in [0.2, 0.25) is 0 Å². The Bertz CT molecular complexity index is 658. The van der Waals surface area contributed by atoms with Crippen molar-refractivity contribution in [3.8, 4) is 11.5 Å². The number of carbonyl (C=O) groups is 2. The van der Waals surface area contributed by atoms with Crippen molar-refractivity contribution >= 4 is 23.7 Å². The molecule has 0 saturated carbocycles. The lowest BCUT2D eigenvalue weighted by atomic mass is 10.2. The standard InChI is InChI=1S/C14H14N4O3S/c19-11-9-15-13(20)18(11)7-4-8-22-14-17-16-12(21-14)10-5-2-1-3-6-10/h1-3,5-6H,4,7-9H2,(H,15,20). The quantitative estimate of drug-likeness (QED) is 0.496. The smallest absolute Gasteiger partial charge is 0.324 e. The fraction of sp³-hybridized carbons (Fsp3) is 0.286. The van der Waals surface area contributed by atoms with Gasteiger partial charge in [-0.05, 0) is 18.6 Å². The maximum atomic E-state index is 11.4. The van der Waals surface area contributed by atoms with E-state index >= 15 is 0 Å².